The van der Waals surface area contributed by atoms with Crippen molar-refractivity contribution in [2.45, 2.75) is 13.0 Å². The number of amides is 1. The molecule has 1 amide bonds. The molecule has 0 unspecified atom stereocenters. The molecule has 0 bridgehead atoms. The second-order valence-electron chi connectivity index (χ2n) is 7.42. The predicted molar refractivity (Wildman–Crippen MR) is 114 cm³/mol. The van der Waals surface area contributed by atoms with Crippen LogP contribution in [0.5, 0.6) is 11.5 Å². The molecule has 0 radical (unpaired) electrons. The SMILES string of the molecule is COc1ccccc1CCNC(=O)CN1CCN(Cc2cc(F)ccc2OC)CC1. The van der Waals surface area contributed by atoms with Crippen LogP contribution in [0.4, 0.5) is 4.39 Å². The Kier molecular flexibility index (Phi) is 8.04. The summed E-state index contributed by atoms with van der Waals surface area (Å²) < 4.78 is 24.2. The van der Waals surface area contributed by atoms with Gasteiger partial charge in [0, 0.05) is 44.8 Å². The highest BCUT2D eigenvalue weighted by molar-refractivity contribution is 5.78. The van der Waals surface area contributed by atoms with Crippen molar-refractivity contribution < 1.29 is 18.7 Å². The molecule has 2 aromatic rings. The number of carbonyl (C=O) groups is 1. The normalized spacial score (nSPS) is 15.0. The minimum atomic E-state index is -0.255. The molecule has 7 heteroatoms. The summed E-state index contributed by atoms with van der Waals surface area (Å²) in [6.07, 6.45) is 0.735. The molecule has 0 aliphatic carbocycles. The molecule has 3 rings (SSSR count). The fraction of sp³-hybridized carbons (Fsp3) is 0.435. The van der Waals surface area contributed by atoms with E-state index in [1.165, 1.54) is 12.1 Å². The van der Waals surface area contributed by atoms with E-state index >= 15 is 0 Å². The summed E-state index contributed by atoms with van der Waals surface area (Å²) >= 11 is 0. The first-order valence-corrected chi connectivity index (χ1v) is 10.2. The van der Waals surface area contributed by atoms with E-state index in [-0.39, 0.29) is 11.7 Å². The smallest absolute Gasteiger partial charge is 0.234 e. The summed E-state index contributed by atoms with van der Waals surface area (Å²) in [7, 11) is 3.25. The van der Waals surface area contributed by atoms with Crippen molar-refractivity contribution >= 4 is 5.91 Å². The molecule has 30 heavy (non-hydrogen) atoms. The molecule has 162 valence electrons. The molecule has 0 atom stereocenters. The van der Waals surface area contributed by atoms with Crippen LogP contribution < -0.4 is 14.8 Å². The number of hydrogen-bond acceptors (Lipinski definition) is 5. The molecular formula is C23H30FN3O3. The maximum absolute atomic E-state index is 13.6. The summed E-state index contributed by atoms with van der Waals surface area (Å²) in [4.78, 5) is 16.7. The standard InChI is InChI=1S/C23H30FN3O3/c1-29-21-6-4-3-5-18(21)9-10-25-23(28)17-27-13-11-26(12-14-27)16-19-15-20(24)7-8-22(19)30-2/h3-8,15H,9-14,16-17H2,1-2H3,(H,25,28). The average Bonchev–Trinajstić information content (AvgIpc) is 2.75. The van der Waals surface area contributed by atoms with E-state index in [2.05, 4.69) is 15.1 Å². The second kappa shape index (κ2) is 10.9. The second-order valence-corrected chi connectivity index (χ2v) is 7.42. The lowest BCUT2D eigenvalue weighted by molar-refractivity contribution is -0.122. The summed E-state index contributed by atoms with van der Waals surface area (Å²) in [5.41, 5.74) is 1.93. The van der Waals surface area contributed by atoms with E-state index in [9.17, 15) is 9.18 Å². The number of para-hydroxylation sites is 1. The number of piperazine rings is 1. The molecule has 1 N–H and O–H groups in total. The van der Waals surface area contributed by atoms with Crippen LogP contribution >= 0.6 is 0 Å². The van der Waals surface area contributed by atoms with Crippen LogP contribution in [0.1, 0.15) is 11.1 Å². The largest absolute Gasteiger partial charge is 0.496 e. The molecule has 1 aliphatic heterocycles. The topological polar surface area (TPSA) is 54.0 Å². The number of halogens is 1. The highest BCUT2D eigenvalue weighted by Gasteiger charge is 2.20. The van der Waals surface area contributed by atoms with Crippen molar-refractivity contribution in [1.82, 2.24) is 15.1 Å². The first-order chi connectivity index (χ1) is 14.6. The Morgan fingerprint density at radius 2 is 1.63 bits per heavy atom. The van der Waals surface area contributed by atoms with Gasteiger partial charge >= 0.3 is 0 Å². The Hall–Kier alpha value is -2.64. The maximum Gasteiger partial charge on any atom is 0.234 e. The van der Waals surface area contributed by atoms with E-state index in [1.54, 1.807) is 20.3 Å². The van der Waals surface area contributed by atoms with Crippen LogP contribution in [-0.4, -0.2) is 69.2 Å². The Bertz CT molecular complexity index is 838. The van der Waals surface area contributed by atoms with Crippen LogP contribution in [0.3, 0.4) is 0 Å². The number of nitrogens with one attached hydrogen (secondary N) is 1. The quantitative estimate of drug-likeness (QED) is 0.681. The fourth-order valence-electron chi connectivity index (χ4n) is 3.72. The van der Waals surface area contributed by atoms with Crippen molar-refractivity contribution in [3.8, 4) is 11.5 Å². The van der Waals surface area contributed by atoms with Crippen molar-refractivity contribution in [1.29, 1.82) is 0 Å². The Morgan fingerprint density at radius 1 is 0.967 bits per heavy atom. The average molecular weight is 416 g/mol. The molecule has 2 aromatic carbocycles. The summed E-state index contributed by atoms with van der Waals surface area (Å²) in [6, 6.07) is 12.4. The fourth-order valence-corrected chi connectivity index (χ4v) is 3.72. The van der Waals surface area contributed by atoms with Gasteiger partial charge in [-0.1, -0.05) is 18.2 Å². The lowest BCUT2D eigenvalue weighted by Gasteiger charge is -2.34. The van der Waals surface area contributed by atoms with E-state index < -0.39 is 0 Å². The number of nitrogens with zero attached hydrogens (tertiary/aromatic N) is 2. The van der Waals surface area contributed by atoms with E-state index in [4.69, 9.17) is 9.47 Å². The highest BCUT2D eigenvalue weighted by atomic mass is 19.1. The third-order valence-electron chi connectivity index (χ3n) is 5.38. The third-order valence-corrected chi connectivity index (χ3v) is 5.38. The zero-order valence-electron chi connectivity index (χ0n) is 17.7. The van der Waals surface area contributed by atoms with Crippen molar-refractivity contribution in [3.63, 3.8) is 0 Å². The Labute approximate surface area is 177 Å². The van der Waals surface area contributed by atoms with Gasteiger partial charge in [-0.2, -0.15) is 0 Å². The van der Waals surface area contributed by atoms with Crippen LogP contribution in [0, 0.1) is 5.82 Å². The van der Waals surface area contributed by atoms with Gasteiger partial charge in [-0.3, -0.25) is 14.6 Å². The number of ether oxygens (including phenoxy) is 2. The van der Waals surface area contributed by atoms with Gasteiger partial charge in [0.2, 0.25) is 5.91 Å². The van der Waals surface area contributed by atoms with Crippen molar-refractivity contribution in [3.05, 3.63) is 59.4 Å². The number of benzene rings is 2. The lowest BCUT2D eigenvalue weighted by atomic mass is 10.1. The molecule has 1 aliphatic rings. The van der Waals surface area contributed by atoms with Gasteiger partial charge in [0.25, 0.3) is 0 Å². The zero-order chi connectivity index (χ0) is 21.3. The molecule has 0 spiro atoms. The minimum absolute atomic E-state index is 0.0325. The molecule has 0 saturated carbocycles. The van der Waals surface area contributed by atoms with Crippen LogP contribution in [0.15, 0.2) is 42.5 Å². The van der Waals surface area contributed by atoms with Gasteiger partial charge in [0.1, 0.15) is 17.3 Å². The van der Waals surface area contributed by atoms with Gasteiger partial charge in [0.05, 0.1) is 20.8 Å². The van der Waals surface area contributed by atoms with Gasteiger partial charge < -0.3 is 14.8 Å². The summed E-state index contributed by atoms with van der Waals surface area (Å²) in [5, 5.41) is 2.99. The third kappa shape index (κ3) is 6.18. The Balaban J connectivity index is 1.39. The molecule has 1 fully saturated rings. The molecular weight excluding hydrogens is 385 g/mol. The van der Waals surface area contributed by atoms with E-state index in [0.29, 0.717) is 25.4 Å². The monoisotopic (exact) mass is 415 g/mol. The molecule has 1 heterocycles. The summed E-state index contributed by atoms with van der Waals surface area (Å²) in [5.74, 6) is 1.32. The first kappa shape index (κ1) is 22.1. The molecule has 6 nitrogen and oxygen atoms in total. The van der Waals surface area contributed by atoms with E-state index in [0.717, 1.165) is 49.5 Å². The number of hydrogen-bond donors (Lipinski definition) is 1. The zero-order valence-corrected chi connectivity index (χ0v) is 17.7. The lowest BCUT2D eigenvalue weighted by Crippen LogP contribution is -2.49. The number of methoxy groups -OCH3 is 2. The van der Waals surface area contributed by atoms with Crippen molar-refractivity contribution in [2.24, 2.45) is 0 Å². The van der Waals surface area contributed by atoms with Crippen LogP contribution in [0.2, 0.25) is 0 Å². The van der Waals surface area contributed by atoms with Crippen molar-refractivity contribution in [2.75, 3.05) is 53.5 Å². The number of rotatable bonds is 9. The van der Waals surface area contributed by atoms with Gasteiger partial charge in [0.15, 0.2) is 0 Å². The van der Waals surface area contributed by atoms with Gasteiger partial charge in [-0.25, -0.2) is 4.39 Å². The van der Waals surface area contributed by atoms with E-state index in [1.807, 2.05) is 24.3 Å². The van der Waals surface area contributed by atoms with Crippen LogP contribution in [-0.2, 0) is 17.8 Å². The van der Waals surface area contributed by atoms with Crippen LogP contribution in [0.25, 0.3) is 0 Å². The predicted octanol–water partition coefficient (Wildman–Crippen LogP) is 2.32. The Morgan fingerprint density at radius 3 is 2.37 bits per heavy atom. The summed E-state index contributed by atoms with van der Waals surface area (Å²) in [6.45, 7) is 4.87. The minimum Gasteiger partial charge on any atom is -0.496 e. The maximum atomic E-state index is 13.6. The molecule has 1 saturated heterocycles. The van der Waals surface area contributed by atoms with Gasteiger partial charge in [-0.15, -0.1) is 0 Å². The van der Waals surface area contributed by atoms with Gasteiger partial charge in [-0.05, 0) is 36.2 Å². The molecule has 0 aromatic heterocycles. The first-order valence-electron chi connectivity index (χ1n) is 10.2. The number of carbonyl (C=O) groups excluding carboxylic acids is 1. The highest BCUT2D eigenvalue weighted by Crippen LogP contribution is 2.21.